The van der Waals surface area contributed by atoms with E-state index in [1.54, 1.807) is 0 Å². The summed E-state index contributed by atoms with van der Waals surface area (Å²) in [5, 5.41) is 3.07. The molecule has 0 aromatic heterocycles. The molecule has 0 spiro atoms. The number of nitrogens with one attached hydrogen (secondary N) is 1. The summed E-state index contributed by atoms with van der Waals surface area (Å²) in [7, 11) is 0. The van der Waals surface area contributed by atoms with Crippen molar-refractivity contribution >= 4 is 11.8 Å². The van der Waals surface area contributed by atoms with E-state index in [9.17, 15) is 9.59 Å². The highest BCUT2D eigenvalue weighted by Gasteiger charge is 2.27. The average molecular weight is 389 g/mol. The van der Waals surface area contributed by atoms with Crippen molar-refractivity contribution in [3.05, 3.63) is 29.8 Å². The number of benzene rings is 1. The molecule has 156 valence electrons. The van der Waals surface area contributed by atoms with Crippen LogP contribution >= 0.6 is 0 Å². The van der Waals surface area contributed by atoms with E-state index in [-0.39, 0.29) is 30.4 Å². The third-order valence-electron chi connectivity index (χ3n) is 5.93. The number of hydrogen-bond acceptors (Lipinski definition) is 3. The van der Waals surface area contributed by atoms with Crippen molar-refractivity contribution in [3.63, 3.8) is 0 Å². The van der Waals surface area contributed by atoms with Crippen LogP contribution in [0.15, 0.2) is 24.3 Å². The van der Waals surface area contributed by atoms with Crippen molar-refractivity contribution in [3.8, 4) is 5.75 Å². The van der Waals surface area contributed by atoms with Crippen LogP contribution in [0.4, 0.5) is 0 Å². The van der Waals surface area contributed by atoms with Gasteiger partial charge in [-0.1, -0.05) is 45.9 Å². The van der Waals surface area contributed by atoms with E-state index in [0.717, 1.165) is 56.5 Å². The minimum absolute atomic E-state index is 0.0281. The first-order chi connectivity index (χ1) is 13.5. The molecular formula is C23H36N2O3. The van der Waals surface area contributed by atoms with Gasteiger partial charge in [0.25, 0.3) is 5.91 Å². The molecule has 0 radical (unpaired) electrons. The van der Waals surface area contributed by atoms with Gasteiger partial charge in [-0.05, 0) is 49.7 Å². The second-order valence-corrected chi connectivity index (χ2v) is 7.82. The lowest BCUT2D eigenvalue weighted by molar-refractivity contribution is -0.137. The Hall–Kier alpha value is -2.04. The Morgan fingerprint density at radius 1 is 1.11 bits per heavy atom. The van der Waals surface area contributed by atoms with Crippen molar-refractivity contribution in [1.82, 2.24) is 10.2 Å². The Balaban J connectivity index is 1.79. The summed E-state index contributed by atoms with van der Waals surface area (Å²) in [5.41, 5.74) is 1.14. The summed E-state index contributed by atoms with van der Waals surface area (Å²) in [4.78, 5) is 26.8. The number of hydrogen-bond donors (Lipinski definition) is 1. The predicted molar refractivity (Wildman–Crippen MR) is 112 cm³/mol. The maximum Gasteiger partial charge on any atom is 0.258 e. The Morgan fingerprint density at radius 2 is 1.75 bits per heavy atom. The smallest absolute Gasteiger partial charge is 0.258 e. The first kappa shape index (κ1) is 22.3. The van der Waals surface area contributed by atoms with E-state index >= 15 is 0 Å². The molecule has 2 rings (SSSR count). The third-order valence-corrected chi connectivity index (χ3v) is 5.93. The van der Waals surface area contributed by atoms with Gasteiger partial charge in [0.1, 0.15) is 5.75 Å². The summed E-state index contributed by atoms with van der Waals surface area (Å²) >= 11 is 0. The second-order valence-electron chi connectivity index (χ2n) is 7.82. The standard InChI is InChI=1S/C23H36N2O3/c1-5-17(4)20-10-8-9-11-21(20)28-16-22(26)24-19-12-14-25(15-13-19)23(27)18(6-2)7-3/h8-11,17-19H,5-7,12-16H2,1-4H3,(H,24,26). The molecule has 1 fully saturated rings. The van der Waals surface area contributed by atoms with E-state index in [4.69, 9.17) is 4.74 Å². The van der Waals surface area contributed by atoms with Crippen LogP contribution < -0.4 is 10.1 Å². The topological polar surface area (TPSA) is 58.6 Å². The molecule has 28 heavy (non-hydrogen) atoms. The van der Waals surface area contributed by atoms with Gasteiger partial charge in [0, 0.05) is 25.0 Å². The van der Waals surface area contributed by atoms with Gasteiger partial charge in [0.05, 0.1) is 0 Å². The van der Waals surface area contributed by atoms with Crippen LogP contribution in [-0.4, -0.2) is 42.5 Å². The highest BCUT2D eigenvalue weighted by atomic mass is 16.5. The molecule has 2 amide bonds. The Labute approximate surface area is 169 Å². The van der Waals surface area contributed by atoms with E-state index in [2.05, 4.69) is 39.1 Å². The van der Waals surface area contributed by atoms with E-state index in [1.165, 1.54) is 0 Å². The van der Waals surface area contributed by atoms with Gasteiger partial charge in [0.15, 0.2) is 6.61 Å². The summed E-state index contributed by atoms with van der Waals surface area (Å²) in [6.45, 7) is 9.92. The number of ether oxygens (including phenoxy) is 1. The van der Waals surface area contributed by atoms with Crippen molar-refractivity contribution in [2.45, 2.75) is 71.8 Å². The molecule has 1 aliphatic heterocycles. The van der Waals surface area contributed by atoms with Crippen LogP contribution in [0.25, 0.3) is 0 Å². The van der Waals surface area contributed by atoms with Gasteiger partial charge >= 0.3 is 0 Å². The number of rotatable bonds is 9. The van der Waals surface area contributed by atoms with Crippen molar-refractivity contribution < 1.29 is 14.3 Å². The van der Waals surface area contributed by atoms with Gasteiger partial charge in [-0.3, -0.25) is 9.59 Å². The first-order valence-electron chi connectivity index (χ1n) is 10.8. The first-order valence-corrected chi connectivity index (χ1v) is 10.8. The van der Waals surface area contributed by atoms with Crippen LogP contribution in [0.1, 0.15) is 71.3 Å². The molecule has 5 heteroatoms. The number of carbonyl (C=O) groups excluding carboxylic acids is 2. The number of piperidine rings is 1. The van der Waals surface area contributed by atoms with Crippen molar-refractivity contribution in [1.29, 1.82) is 0 Å². The summed E-state index contributed by atoms with van der Waals surface area (Å²) in [6, 6.07) is 8.05. The van der Waals surface area contributed by atoms with E-state index in [0.29, 0.717) is 5.92 Å². The summed E-state index contributed by atoms with van der Waals surface area (Å²) in [5.74, 6) is 1.49. The molecule has 1 N–H and O–H groups in total. The molecule has 1 aromatic carbocycles. The summed E-state index contributed by atoms with van der Waals surface area (Å²) in [6.07, 6.45) is 4.42. The lowest BCUT2D eigenvalue weighted by Gasteiger charge is -2.34. The van der Waals surface area contributed by atoms with E-state index in [1.807, 2.05) is 23.1 Å². The molecule has 1 aromatic rings. The van der Waals surface area contributed by atoms with Gasteiger partial charge < -0.3 is 15.0 Å². The molecule has 1 aliphatic rings. The molecule has 1 atom stereocenters. The highest BCUT2D eigenvalue weighted by Crippen LogP contribution is 2.28. The van der Waals surface area contributed by atoms with Crippen LogP contribution in [0.5, 0.6) is 5.75 Å². The van der Waals surface area contributed by atoms with Crippen LogP contribution in [-0.2, 0) is 9.59 Å². The van der Waals surface area contributed by atoms with Crippen LogP contribution in [0.3, 0.4) is 0 Å². The maximum absolute atomic E-state index is 12.5. The fourth-order valence-electron chi connectivity index (χ4n) is 3.79. The molecule has 1 unspecified atom stereocenters. The number of para-hydroxylation sites is 1. The Morgan fingerprint density at radius 3 is 2.36 bits per heavy atom. The second kappa shape index (κ2) is 11.1. The van der Waals surface area contributed by atoms with Gasteiger partial charge in [-0.15, -0.1) is 0 Å². The minimum atomic E-state index is -0.0938. The molecule has 5 nitrogen and oxygen atoms in total. The number of carbonyl (C=O) groups is 2. The lowest BCUT2D eigenvalue weighted by atomic mass is 9.98. The fourth-order valence-corrected chi connectivity index (χ4v) is 3.79. The average Bonchev–Trinajstić information content (AvgIpc) is 2.73. The number of amides is 2. The monoisotopic (exact) mass is 388 g/mol. The molecule has 0 aliphatic carbocycles. The highest BCUT2D eigenvalue weighted by molar-refractivity contribution is 5.79. The molecule has 1 heterocycles. The summed E-state index contributed by atoms with van der Waals surface area (Å²) < 4.78 is 5.81. The van der Waals surface area contributed by atoms with Crippen LogP contribution in [0.2, 0.25) is 0 Å². The minimum Gasteiger partial charge on any atom is -0.483 e. The molecule has 0 saturated carbocycles. The van der Waals surface area contributed by atoms with Gasteiger partial charge in [-0.25, -0.2) is 0 Å². The zero-order chi connectivity index (χ0) is 20.5. The maximum atomic E-state index is 12.5. The molecule has 1 saturated heterocycles. The normalized spacial score (nSPS) is 16.1. The SMILES string of the molecule is CCC(CC)C(=O)N1CCC(NC(=O)COc2ccccc2C(C)CC)CC1. The number of nitrogens with zero attached hydrogens (tertiary/aromatic N) is 1. The molecule has 0 bridgehead atoms. The van der Waals surface area contributed by atoms with Crippen LogP contribution in [0, 0.1) is 5.92 Å². The van der Waals surface area contributed by atoms with Crippen molar-refractivity contribution in [2.24, 2.45) is 5.92 Å². The Bertz CT molecular complexity index is 634. The van der Waals surface area contributed by atoms with Gasteiger partial charge in [-0.2, -0.15) is 0 Å². The zero-order valence-electron chi connectivity index (χ0n) is 17.9. The lowest BCUT2D eigenvalue weighted by Crippen LogP contribution is -2.48. The largest absolute Gasteiger partial charge is 0.483 e. The third kappa shape index (κ3) is 5.98. The number of likely N-dealkylation sites (tertiary alicyclic amines) is 1. The molecular weight excluding hydrogens is 352 g/mol. The quantitative estimate of drug-likeness (QED) is 0.692. The van der Waals surface area contributed by atoms with Crippen molar-refractivity contribution in [2.75, 3.05) is 19.7 Å². The van der Waals surface area contributed by atoms with Gasteiger partial charge in [0.2, 0.25) is 5.91 Å². The predicted octanol–water partition coefficient (Wildman–Crippen LogP) is 4.12. The van der Waals surface area contributed by atoms with E-state index < -0.39 is 0 Å². The zero-order valence-corrected chi connectivity index (χ0v) is 17.9. The Kier molecular flexibility index (Phi) is 8.81. The fraction of sp³-hybridized carbons (Fsp3) is 0.652.